The van der Waals surface area contributed by atoms with Crippen LogP contribution in [-0.4, -0.2) is 24.5 Å². The number of nitrogens with zero attached hydrogens (tertiary/aromatic N) is 1. The Morgan fingerprint density at radius 1 is 1.19 bits per heavy atom. The first-order chi connectivity index (χ1) is 10.0. The zero-order chi connectivity index (χ0) is 15.4. The third-order valence-electron chi connectivity index (χ3n) is 4.74. The van der Waals surface area contributed by atoms with Gasteiger partial charge in [-0.15, -0.1) is 0 Å². The van der Waals surface area contributed by atoms with Crippen LogP contribution in [0.25, 0.3) is 0 Å². The van der Waals surface area contributed by atoms with Crippen LogP contribution >= 0.6 is 0 Å². The second-order valence-corrected chi connectivity index (χ2v) is 6.40. The predicted molar refractivity (Wildman–Crippen MR) is 81.9 cm³/mol. The largest absolute Gasteiger partial charge is 0.329 e. The third-order valence-corrected chi connectivity index (χ3v) is 4.74. The lowest BCUT2D eigenvalue weighted by atomic mass is 9.89. The van der Waals surface area contributed by atoms with Crippen LogP contribution in [0.4, 0.5) is 8.78 Å². The van der Waals surface area contributed by atoms with Crippen LogP contribution in [0, 0.1) is 23.5 Å². The highest BCUT2D eigenvalue weighted by atomic mass is 19.2. The van der Waals surface area contributed by atoms with E-state index in [0.717, 1.165) is 37.4 Å². The lowest BCUT2D eigenvalue weighted by Gasteiger charge is -2.30. The standard InChI is InChI=1S/C17H26F2N2/c1-12(2)13-4-3-8-21(9-7-13)17(11-20)14-5-6-15(18)16(19)10-14/h5-6,10,12-13,17H,3-4,7-9,11,20H2,1-2H3. The summed E-state index contributed by atoms with van der Waals surface area (Å²) in [6, 6.07) is 4.12. The minimum absolute atomic E-state index is 0.0222. The summed E-state index contributed by atoms with van der Waals surface area (Å²) in [6.07, 6.45) is 3.53. The monoisotopic (exact) mass is 296 g/mol. The van der Waals surface area contributed by atoms with E-state index in [1.54, 1.807) is 6.07 Å². The Labute approximate surface area is 126 Å². The molecule has 1 saturated heterocycles. The second-order valence-electron chi connectivity index (χ2n) is 6.40. The SMILES string of the molecule is CC(C)C1CCCN(C(CN)c2ccc(F)c(F)c2)CC1. The Hall–Kier alpha value is -1.00. The molecule has 0 spiro atoms. The number of likely N-dealkylation sites (tertiary alicyclic amines) is 1. The van der Waals surface area contributed by atoms with E-state index in [2.05, 4.69) is 18.7 Å². The number of halogens is 2. The van der Waals surface area contributed by atoms with E-state index in [4.69, 9.17) is 5.73 Å². The number of hydrogen-bond acceptors (Lipinski definition) is 2. The minimum atomic E-state index is -0.801. The van der Waals surface area contributed by atoms with Crippen LogP contribution in [0.2, 0.25) is 0 Å². The maximum Gasteiger partial charge on any atom is 0.159 e. The molecule has 1 aliphatic rings. The summed E-state index contributed by atoms with van der Waals surface area (Å²) in [4.78, 5) is 2.33. The fourth-order valence-electron chi connectivity index (χ4n) is 3.34. The molecule has 2 unspecified atom stereocenters. The van der Waals surface area contributed by atoms with Crippen molar-refractivity contribution in [2.45, 2.75) is 39.2 Å². The highest BCUT2D eigenvalue weighted by Crippen LogP contribution is 2.29. The van der Waals surface area contributed by atoms with Crippen molar-refractivity contribution < 1.29 is 8.78 Å². The molecule has 118 valence electrons. The molecular weight excluding hydrogens is 270 g/mol. The lowest BCUT2D eigenvalue weighted by molar-refractivity contribution is 0.203. The summed E-state index contributed by atoms with van der Waals surface area (Å²) >= 11 is 0. The first-order valence-electron chi connectivity index (χ1n) is 7.92. The van der Waals surface area contributed by atoms with Gasteiger partial charge < -0.3 is 5.73 Å². The molecule has 2 rings (SSSR count). The van der Waals surface area contributed by atoms with E-state index in [-0.39, 0.29) is 6.04 Å². The topological polar surface area (TPSA) is 29.3 Å². The molecule has 2 N–H and O–H groups in total. The molecule has 0 saturated carbocycles. The van der Waals surface area contributed by atoms with Gasteiger partial charge in [-0.2, -0.15) is 0 Å². The summed E-state index contributed by atoms with van der Waals surface area (Å²) in [7, 11) is 0. The average Bonchev–Trinajstić information content (AvgIpc) is 2.70. The van der Waals surface area contributed by atoms with Crippen molar-refractivity contribution in [1.82, 2.24) is 4.90 Å². The average molecular weight is 296 g/mol. The summed E-state index contributed by atoms with van der Waals surface area (Å²) < 4.78 is 26.6. The van der Waals surface area contributed by atoms with Crippen molar-refractivity contribution in [3.8, 4) is 0 Å². The number of rotatable bonds is 4. The quantitative estimate of drug-likeness (QED) is 0.917. The first kappa shape index (κ1) is 16.4. The van der Waals surface area contributed by atoms with E-state index in [9.17, 15) is 8.78 Å². The van der Waals surface area contributed by atoms with Crippen LogP contribution < -0.4 is 5.73 Å². The maximum absolute atomic E-state index is 13.5. The van der Waals surface area contributed by atoms with E-state index < -0.39 is 11.6 Å². The molecular formula is C17H26F2N2. The summed E-state index contributed by atoms with van der Waals surface area (Å²) in [5.74, 6) is -0.144. The van der Waals surface area contributed by atoms with Gasteiger partial charge in [-0.05, 0) is 61.9 Å². The summed E-state index contributed by atoms with van der Waals surface area (Å²) in [6.45, 7) is 6.93. The highest BCUT2D eigenvalue weighted by molar-refractivity contribution is 5.22. The molecule has 1 aliphatic heterocycles. The molecule has 1 fully saturated rings. The van der Waals surface area contributed by atoms with Gasteiger partial charge in [-0.25, -0.2) is 8.78 Å². The molecule has 2 nitrogen and oxygen atoms in total. The highest BCUT2D eigenvalue weighted by Gasteiger charge is 2.25. The van der Waals surface area contributed by atoms with Crippen molar-refractivity contribution in [2.75, 3.05) is 19.6 Å². The van der Waals surface area contributed by atoms with E-state index in [1.165, 1.54) is 18.6 Å². The zero-order valence-corrected chi connectivity index (χ0v) is 13.0. The van der Waals surface area contributed by atoms with Crippen molar-refractivity contribution in [2.24, 2.45) is 17.6 Å². The Morgan fingerprint density at radius 2 is 1.95 bits per heavy atom. The van der Waals surface area contributed by atoms with Gasteiger partial charge in [0.25, 0.3) is 0 Å². The molecule has 2 atom stereocenters. The summed E-state index contributed by atoms with van der Waals surface area (Å²) in [5, 5.41) is 0. The van der Waals surface area contributed by atoms with Gasteiger partial charge in [-0.1, -0.05) is 19.9 Å². The van der Waals surface area contributed by atoms with Gasteiger partial charge in [-0.3, -0.25) is 4.90 Å². The van der Waals surface area contributed by atoms with Crippen molar-refractivity contribution in [3.05, 3.63) is 35.4 Å². The minimum Gasteiger partial charge on any atom is -0.329 e. The van der Waals surface area contributed by atoms with E-state index in [0.29, 0.717) is 12.5 Å². The van der Waals surface area contributed by atoms with E-state index >= 15 is 0 Å². The smallest absolute Gasteiger partial charge is 0.159 e. The molecule has 1 aromatic carbocycles. The molecule has 0 aromatic heterocycles. The van der Waals surface area contributed by atoms with Crippen LogP contribution in [0.3, 0.4) is 0 Å². The molecule has 1 aromatic rings. The Morgan fingerprint density at radius 3 is 2.57 bits per heavy atom. The third kappa shape index (κ3) is 4.01. The predicted octanol–water partition coefficient (Wildman–Crippen LogP) is 3.72. The molecule has 0 aliphatic carbocycles. The fourth-order valence-corrected chi connectivity index (χ4v) is 3.34. The van der Waals surface area contributed by atoms with Gasteiger partial charge in [0.05, 0.1) is 0 Å². The maximum atomic E-state index is 13.5. The van der Waals surface area contributed by atoms with Crippen molar-refractivity contribution in [3.63, 3.8) is 0 Å². The lowest BCUT2D eigenvalue weighted by Crippen LogP contribution is -2.34. The fraction of sp³-hybridized carbons (Fsp3) is 0.647. The van der Waals surface area contributed by atoms with Gasteiger partial charge in [0.1, 0.15) is 0 Å². The molecule has 0 radical (unpaired) electrons. The Balaban J connectivity index is 2.11. The van der Waals surface area contributed by atoms with Gasteiger partial charge in [0.15, 0.2) is 11.6 Å². The zero-order valence-electron chi connectivity index (χ0n) is 13.0. The van der Waals surface area contributed by atoms with Gasteiger partial charge in [0, 0.05) is 12.6 Å². The van der Waals surface area contributed by atoms with E-state index in [1.807, 2.05) is 0 Å². The van der Waals surface area contributed by atoms with Crippen molar-refractivity contribution >= 4 is 0 Å². The summed E-state index contributed by atoms with van der Waals surface area (Å²) in [5.41, 5.74) is 6.69. The van der Waals surface area contributed by atoms with Crippen molar-refractivity contribution in [1.29, 1.82) is 0 Å². The molecule has 21 heavy (non-hydrogen) atoms. The normalized spacial score (nSPS) is 22.3. The molecule has 4 heteroatoms. The van der Waals surface area contributed by atoms with Crippen LogP contribution in [-0.2, 0) is 0 Å². The van der Waals surface area contributed by atoms with Crippen LogP contribution in [0.15, 0.2) is 18.2 Å². The molecule has 1 heterocycles. The van der Waals surface area contributed by atoms with Gasteiger partial charge in [0.2, 0.25) is 0 Å². The molecule has 0 bridgehead atoms. The first-order valence-corrected chi connectivity index (χ1v) is 7.92. The second kappa shape index (κ2) is 7.32. The number of benzene rings is 1. The Bertz CT molecular complexity index is 462. The van der Waals surface area contributed by atoms with Gasteiger partial charge >= 0.3 is 0 Å². The van der Waals surface area contributed by atoms with Crippen LogP contribution in [0.5, 0.6) is 0 Å². The number of nitrogens with two attached hydrogens (primary N) is 1. The molecule has 0 amide bonds. The Kier molecular flexibility index (Phi) is 5.71. The number of hydrogen-bond donors (Lipinski definition) is 1. The van der Waals surface area contributed by atoms with Crippen LogP contribution in [0.1, 0.15) is 44.7 Å².